The summed E-state index contributed by atoms with van der Waals surface area (Å²) in [5, 5.41) is 0.816. The van der Waals surface area contributed by atoms with Crippen LogP contribution in [0.4, 0.5) is 0 Å². The molecule has 6 heteroatoms. The molecule has 2 atom stereocenters. The molecule has 132 valence electrons. The second-order valence-electron chi connectivity index (χ2n) is 7.15. The van der Waals surface area contributed by atoms with Crippen molar-refractivity contribution in [1.29, 1.82) is 0 Å². The van der Waals surface area contributed by atoms with Crippen LogP contribution in [0.25, 0.3) is 10.2 Å². The fourth-order valence-corrected chi connectivity index (χ4v) is 4.95. The molecule has 0 aliphatic heterocycles. The standard InChI is InChI=1S/C19H23N3O2S/c1-11-6-7-14-15(9-11)25-19-16(14)18(23)20-17(21-19)12(2)22(3)10-13-5-4-8-24-13/h4-5,8,11-12H,6-7,9-10H2,1-3H3,(H,20,21,23)/t11-,12+/m1/s1. The first kappa shape index (κ1) is 16.5. The highest BCUT2D eigenvalue weighted by Crippen LogP contribution is 2.36. The SMILES string of the molecule is C[C@@H]1CCc2c(sc3nc([C@H](C)N(C)Cc4ccco4)[nH]c(=O)c23)C1. The lowest BCUT2D eigenvalue weighted by Gasteiger charge is -2.22. The third-order valence-electron chi connectivity index (χ3n) is 5.23. The highest BCUT2D eigenvalue weighted by Gasteiger charge is 2.24. The van der Waals surface area contributed by atoms with Gasteiger partial charge in [0.05, 0.1) is 24.2 Å². The summed E-state index contributed by atoms with van der Waals surface area (Å²) in [4.78, 5) is 24.9. The Hall–Kier alpha value is -1.92. The van der Waals surface area contributed by atoms with Gasteiger partial charge >= 0.3 is 0 Å². The summed E-state index contributed by atoms with van der Waals surface area (Å²) in [6.45, 7) is 5.01. The Kier molecular flexibility index (Phi) is 4.25. The summed E-state index contributed by atoms with van der Waals surface area (Å²) in [7, 11) is 2.01. The Bertz CT molecular complexity index is 942. The number of rotatable bonds is 4. The van der Waals surface area contributed by atoms with Gasteiger partial charge in [0.1, 0.15) is 16.4 Å². The molecule has 3 heterocycles. The molecular formula is C19H23N3O2S. The number of furan rings is 1. The Morgan fingerprint density at radius 3 is 3.12 bits per heavy atom. The lowest BCUT2D eigenvalue weighted by atomic mass is 9.89. The van der Waals surface area contributed by atoms with Crippen LogP contribution < -0.4 is 5.56 Å². The number of aryl methyl sites for hydroxylation is 1. The molecule has 0 saturated heterocycles. The van der Waals surface area contributed by atoms with E-state index >= 15 is 0 Å². The molecule has 3 aromatic rings. The lowest BCUT2D eigenvalue weighted by Crippen LogP contribution is -2.25. The zero-order chi connectivity index (χ0) is 17.6. The van der Waals surface area contributed by atoms with Gasteiger partial charge in [-0.15, -0.1) is 11.3 Å². The second kappa shape index (κ2) is 6.42. The summed E-state index contributed by atoms with van der Waals surface area (Å²) >= 11 is 1.70. The van der Waals surface area contributed by atoms with Crippen LogP contribution in [0.2, 0.25) is 0 Å². The van der Waals surface area contributed by atoms with Crippen LogP contribution in [0, 0.1) is 5.92 Å². The van der Waals surface area contributed by atoms with Gasteiger partial charge in [-0.1, -0.05) is 6.92 Å². The molecule has 0 radical (unpaired) electrons. The summed E-state index contributed by atoms with van der Waals surface area (Å²) in [6.07, 6.45) is 4.90. The van der Waals surface area contributed by atoms with Gasteiger partial charge in [0, 0.05) is 4.88 Å². The van der Waals surface area contributed by atoms with Crippen LogP contribution in [0.15, 0.2) is 27.6 Å². The van der Waals surface area contributed by atoms with Crippen molar-refractivity contribution in [3.8, 4) is 0 Å². The van der Waals surface area contributed by atoms with E-state index in [0.717, 1.165) is 41.1 Å². The van der Waals surface area contributed by atoms with Crippen molar-refractivity contribution in [1.82, 2.24) is 14.9 Å². The average Bonchev–Trinajstić information content (AvgIpc) is 3.20. The second-order valence-corrected chi connectivity index (χ2v) is 8.24. The predicted octanol–water partition coefficient (Wildman–Crippen LogP) is 3.90. The fourth-order valence-electron chi connectivity index (χ4n) is 3.56. The number of hydrogen-bond donors (Lipinski definition) is 1. The molecule has 0 bridgehead atoms. The molecule has 1 aliphatic rings. The Morgan fingerprint density at radius 1 is 1.52 bits per heavy atom. The highest BCUT2D eigenvalue weighted by atomic mass is 32.1. The average molecular weight is 357 g/mol. The van der Waals surface area contributed by atoms with Crippen molar-refractivity contribution < 1.29 is 4.42 Å². The molecule has 0 aromatic carbocycles. The molecule has 5 nitrogen and oxygen atoms in total. The summed E-state index contributed by atoms with van der Waals surface area (Å²) in [5.41, 5.74) is 1.24. The van der Waals surface area contributed by atoms with E-state index in [-0.39, 0.29) is 11.6 Å². The zero-order valence-electron chi connectivity index (χ0n) is 14.8. The van der Waals surface area contributed by atoms with E-state index in [4.69, 9.17) is 9.40 Å². The van der Waals surface area contributed by atoms with Gasteiger partial charge in [-0.2, -0.15) is 0 Å². The molecule has 1 aliphatic carbocycles. The maximum atomic E-state index is 12.7. The largest absolute Gasteiger partial charge is 0.468 e. The van der Waals surface area contributed by atoms with Crippen molar-refractivity contribution >= 4 is 21.6 Å². The number of H-pyrrole nitrogens is 1. The molecule has 4 rings (SSSR count). The van der Waals surface area contributed by atoms with Crippen molar-refractivity contribution in [3.63, 3.8) is 0 Å². The highest BCUT2D eigenvalue weighted by molar-refractivity contribution is 7.18. The first-order chi connectivity index (χ1) is 12.0. The summed E-state index contributed by atoms with van der Waals surface area (Å²) in [6, 6.07) is 3.84. The summed E-state index contributed by atoms with van der Waals surface area (Å²) < 4.78 is 5.42. The molecule has 0 unspecified atom stereocenters. The zero-order valence-corrected chi connectivity index (χ0v) is 15.7. The van der Waals surface area contributed by atoms with Gasteiger partial charge < -0.3 is 9.40 Å². The first-order valence-corrected chi connectivity index (χ1v) is 9.61. The van der Waals surface area contributed by atoms with Crippen LogP contribution >= 0.6 is 11.3 Å². The van der Waals surface area contributed by atoms with Gasteiger partial charge in [0.25, 0.3) is 5.56 Å². The van der Waals surface area contributed by atoms with E-state index in [2.05, 4.69) is 23.7 Å². The van der Waals surface area contributed by atoms with E-state index in [0.29, 0.717) is 12.5 Å². The Balaban J connectivity index is 1.67. The van der Waals surface area contributed by atoms with Crippen LogP contribution in [0.1, 0.15) is 48.3 Å². The van der Waals surface area contributed by atoms with E-state index in [1.807, 2.05) is 19.2 Å². The van der Waals surface area contributed by atoms with Gasteiger partial charge in [-0.25, -0.2) is 4.98 Å². The van der Waals surface area contributed by atoms with Crippen molar-refractivity contribution in [3.05, 3.63) is 50.8 Å². The maximum Gasteiger partial charge on any atom is 0.259 e. The topological polar surface area (TPSA) is 62.1 Å². The third-order valence-corrected chi connectivity index (χ3v) is 6.37. The molecule has 0 spiro atoms. The number of thiophene rings is 1. The Labute approximate surface area is 150 Å². The lowest BCUT2D eigenvalue weighted by molar-refractivity contribution is 0.224. The van der Waals surface area contributed by atoms with Gasteiger partial charge in [0.2, 0.25) is 0 Å². The van der Waals surface area contributed by atoms with Gasteiger partial charge in [-0.05, 0) is 56.8 Å². The van der Waals surface area contributed by atoms with Crippen molar-refractivity contribution in [2.75, 3.05) is 7.05 Å². The minimum Gasteiger partial charge on any atom is -0.468 e. The third kappa shape index (κ3) is 3.04. The van der Waals surface area contributed by atoms with Gasteiger partial charge in [-0.3, -0.25) is 9.69 Å². The van der Waals surface area contributed by atoms with Crippen LogP contribution in [0.3, 0.4) is 0 Å². The molecule has 1 N–H and O–H groups in total. The number of nitrogens with zero attached hydrogens (tertiary/aromatic N) is 2. The minimum absolute atomic E-state index is 0.000233. The monoisotopic (exact) mass is 357 g/mol. The molecule has 0 amide bonds. The molecular weight excluding hydrogens is 334 g/mol. The summed E-state index contributed by atoms with van der Waals surface area (Å²) in [5.74, 6) is 2.31. The predicted molar refractivity (Wildman–Crippen MR) is 100 cm³/mol. The van der Waals surface area contributed by atoms with E-state index in [1.54, 1.807) is 17.6 Å². The van der Waals surface area contributed by atoms with Gasteiger partial charge in [0.15, 0.2) is 0 Å². The number of nitrogens with one attached hydrogen (secondary N) is 1. The fraction of sp³-hybridized carbons (Fsp3) is 0.474. The maximum absolute atomic E-state index is 12.7. The van der Waals surface area contributed by atoms with E-state index < -0.39 is 0 Å². The van der Waals surface area contributed by atoms with Crippen molar-refractivity contribution in [2.24, 2.45) is 5.92 Å². The first-order valence-electron chi connectivity index (χ1n) is 8.80. The molecule has 0 saturated carbocycles. The normalized spacial score (nSPS) is 18.6. The van der Waals surface area contributed by atoms with E-state index in [1.165, 1.54) is 10.4 Å². The quantitative estimate of drug-likeness (QED) is 0.769. The molecule has 3 aromatic heterocycles. The van der Waals surface area contributed by atoms with E-state index in [9.17, 15) is 4.79 Å². The number of fused-ring (bicyclic) bond motifs is 3. The van der Waals surface area contributed by atoms with Crippen LogP contribution in [0.5, 0.6) is 0 Å². The van der Waals surface area contributed by atoms with Crippen LogP contribution in [-0.4, -0.2) is 21.9 Å². The number of hydrogen-bond acceptors (Lipinski definition) is 5. The smallest absolute Gasteiger partial charge is 0.259 e. The molecule has 25 heavy (non-hydrogen) atoms. The van der Waals surface area contributed by atoms with Crippen molar-refractivity contribution in [2.45, 2.75) is 45.7 Å². The number of aromatic amines is 1. The number of aromatic nitrogens is 2. The van der Waals surface area contributed by atoms with Crippen LogP contribution in [-0.2, 0) is 19.4 Å². The minimum atomic E-state index is 0.000233. The Morgan fingerprint density at radius 2 is 2.36 bits per heavy atom. The molecule has 0 fully saturated rings.